The van der Waals surface area contributed by atoms with Crippen molar-refractivity contribution in [3.8, 4) is 0 Å². The van der Waals surface area contributed by atoms with Crippen LogP contribution in [0.15, 0.2) is 0 Å². The van der Waals surface area contributed by atoms with Gasteiger partial charge in [0.05, 0.1) is 0 Å². The van der Waals surface area contributed by atoms with E-state index in [1.54, 1.807) is 0 Å². The second-order valence-electron chi connectivity index (χ2n) is 3.61. The van der Waals surface area contributed by atoms with Gasteiger partial charge in [-0.2, -0.15) is 0 Å². The van der Waals surface area contributed by atoms with Gasteiger partial charge in [0.1, 0.15) is 0 Å². The Morgan fingerprint density at radius 2 is 1.60 bits per heavy atom. The van der Waals surface area contributed by atoms with Crippen LogP contribution in [0.5, 0.6) is 0 Å². The first-order valence-corrected chi connectivity index (χ1v) is 4.56. The molecule has 1 fully saturated rings. The van der Waals surface area contributed by atoms with Crippen LogP contribution in [0.1, 0.15) is 45.4 Å². The van der Waals surface area contributed by atoms with Crippen LogP contribution < -0.4 is 5.73 Å². The maximum Gasteiger partial charge on any atom is 0.00387 e. The molecule has 1 atom stereocenters. The lowest BCUT2D eigenvalue weighted by Gasteiger charge is -2.17. The summed E-state index contributed by atoms with van der Waals surface area (Å²) in [6, 6.07) is 0.429. The van der Waals surface area contributed by atoms with Crippen LogP contribution in [0.2, 0.25) is 0 Å². The molecule has 0 unspecified atom stereocenters. The van der Waals surface area contributed by atoms with Crippen molar-refractivity contribution in [3.05, 3.63) is 0 Å². The van der Waals surface area contributed by atoms with E-state index < -0.39 is 0 Å². The van der Waals surface area contributed by atoms with Crippen LogP contribution >= 0.6 is 0 Å². The molecule has 0 saturated heterocycles. The first kappa shape index (κ1) is 8.06. The molecule has 0 aromatic rings. The minimum absolute atomic E-state index is 0.429. The van der Waals surface area contributed by atoms with Crippen LogP contribution in [0.4, 0.5) is 0 Å². The molecule has 0 radical (unpaired) electrons. The van der Waals surface area contributed by atoms with Crippen molar-refractivity contribution in [1.82, 2.24) is 0 Å². The summed E-state index contributed by atoms with van der Waals surface area (Å²) in [4.78, 5) is 0. The normalized spacial score (nSPS) is 25.8. The van der Waals surface area contributed by atoms with Gasteiger partial charge in [0.25, 0.3) is 0 Å². The SMILES string of the molecule is C[C@@H](N)C1CCCCCC1. The van der Waals surface area contributed by atoms with Gasteiger partial charge < -0.3 is 5.73 Å². The van der Waals surface area contributed by atoms with Crippen molar-refractivity contribution in [2.75, 3.05) is 0 Å². The highest BCUT2D eigenvalue weighted by Crippen LogP contribution is 2.24. The average Bonchev–Trinajstić information content (AvgIpc) is 2.12. The summed E-state index contributed by atoms with van der Waals surface area (Å²) < 4.78 is 0. The number of hydrogen-bond donors (Lipinski definition) is 1. The Labute approximate surface area is 64.0 Å². The lowest BCUT2D eigenvalue weighted by molar-refractivity contribution is 0.393. The second-order valence-corrected chi connectivity index (χ2v) is 3.61. The lowest BCUT2D eigenvalue weighted by atomic mass is 9.94. The average molecular weight is 141 g/mol. The minimum Gasteiger partial charge on any atom is -0.328 e. The molecule has 60 valence electrons. The summed E-state index contributed by atoms with van der Waals surface area (Å²) in [5.74, 6) is 0.822. The summed E-state index contributed by atoms with van der Waals surface area (Å²) in [5, 5.41) is 0. The topological polar surface area (TPSA) is 26.0 Å². The molecule has 0 aromatic carbocycles. The van der Waals surface area contributed by atoms with E-state index in [2.05, 4.69) is 6.92 Å². The molecule has 0 aliphatic heterocycles. The van der Waals surface area contributed by atoms with E-state index in [0.717, 1.165) is 5.92 Å². The molecule has 0 bridgehead atoms. The molecule has 0 heterocycles. The highest BCUT2D eigenvalue weighted by Gasteiger charge is 2.14. The van der Waals surface area contributed by atoms with Crippen molar-refractivity contribution in [2.45, 2.75) is 51.5 Å². The van der Waals surface area contributed by atoms with Crippen molar-refractivity contribution in [2.24, 2.45) is 11.7 Å². The van der Waals surface area contributed by atoms with Gasteiger partial charge in [-0.3, -0.25) is 0 Å². The Balaban J connectivity index is 2.28. The summed E-state index contributed by atoms with van der Waals surface area (Å²) in [6.07, 6.45) is 8.43. The monoisotopic (exact) mass is 141 g/mol. The molecule has 10 heavy (non-hydrogen) atoms. The smallest absolute Gasteiger partial charge is 0.00387 e. The highest BCUT2D eigenvalue weighted by molar-refractivity contribution is 4.71. The van der Waals surface area contributed by atoms with Gasteiger partial charge in [-0.15, -0.1) is 0 Å². The zero-order valence-electron chi connectivity index (χ0n) is 6.97. The minimum atomic E-state index is 0.429. The zero-order valence-corrected chi connectivity index (χ0v) is 6.97. The van der Waals surface area contributed by atoms with Crippen LogP contribution in [-0.4, -0.2) is 6.04 Å². The van der Waals surface area contributed by atoms with Crippen molar-refractivity contribution >= 4 is 0 Å². The molecular formula is C9H19N. The van der Waals surface area contributed by atoms with E-state index in [1.165, 1.54) is 38.5 Å². The van der Waals surface area contributed by atoms with E-state index >= 15 is 0 Å². The molecule has 0 amide bonds. The summed E-state index contributed by atoms with van der Waals surface area (Å²) in [5.41, 5.74) is 5.84. The molecule has 1 nitrogen and oxygen atoms in total. The van der Waals surface area contributed by atoms with Crippen molar-refractivity contribution in [3.63, 3.8) is 0 Å². The third kappa shape index (κ3) is 2.30. The Hall–Kier alpha value is -0.0400. The first-order chi connectivity index (χ1) is 4.80. The van der Waals surface area contributed by atoms with Gasteiger partial charge in [0.2, 0.25) is 0 Å². The maximum atomic E-state index is 5.84. The summed E-state index contributed by atoms with van der Waals surface area (Å²) in [7, 11) is 0. The Bertz CT molecular complexity index is 80.7. The molecule has 1 heteroatoms. The fourth-order valence-corrected chi connectivity index (χ4v) is 1.84. The fraction of sp³-hybridized carbons (Fsp3) is 1.00. The zero-order chi connectivity index (χ0) is 7.40. The largest absolute Gasteiger partial charge is 0.328 e. The fourth-order valence-electron chi connectivity index (χ4n) is 1.84. The van der Waals surface area contributed by atoms with Crippen LogP contribution in [0.25, 0.3) is 0 Å². The molecule has 1 aliphatic carbocycles. The Morgan fingerprint density at radius 1 is 1.10 bits per heavy atom. The van der Waals surface area contributed by atoms with Gasteiger partial charge in [0.15, 0.2) is 0 Å². The Kier molecular flexibility index (Phi) is 3.20. The predicted octanol–water partition coefficient (Wildman–Crippen LogP) is 2.30. The third-order valence-corrected chi connectivity index (χ3v) is 2.64. The maximum absolute atomic E-state index is 5.84. The number of rotatable bonds is 1. The van der Waals surface area contributed by atoms with E-state index in [0.29, 0.717) is 6.04 Å². The first-order valence-electron chi connectivity index (χ1n) is 4.56. The second kappa shape index (κ2) is 3.97. The van der Waals surface area contributed by atoms with E-state index in [-0.39, 0.29) is 0 Å². The van der Waals surface area contributed by atoms with Crippen molar-refractivity contribution < 1.29 is 0 Å². The molecule has 1 aliphatic rings. The van der Waals surface area contributed by atoms with E-state index in [1.807, 2.05) is 0 Å². The van der Waals surface area contributed by atoms with Gasteiger partial charge in [-0.1, -0.05) is 25.7 Å². The van der Waals surface area contributed by atoms with Gasteiger partial charge in [-0.05, 0) is 25.7 Å². The number of nitrogens with two attached hydrogens (primary N) is 1. The molecular weight excluding hydrogens is 122 g/mol. The summed E-state index contributed by atoms with van der Waals surface area (Å²) >= 11 is 0. The van der Waals surface area contributed by atoms with Gasteiger partial charge in [-0.25, -0.2) is 0 Å². The third-order valence-electron chi connectivity index (χ3n) is 2.64. The molecule has 0 aromatic heterocycles. The quantitative estimate of drug-likeness (QED) is 0.557. The van der Waals surface area contributed by atoms with Crippen LogP contribution in [0, 0.1) is 5.92 Å². The number of hydrogen-bond acceptors (Lipinski definition) is 1. The van der Waals surface area contributed by atoms with Gasteiger partial charge in [0, 0.05) is 6.04 Å². The molecule has 1 rings (SSSR count). The predicted molar refractivity (Wildman–Crippen MR) is 44.8 cm³/mol. The lowest BCUT2D eigenvalue weighted by Crippen LogP contribution is -2.25. The standard InChI is InChI=1S/C9H19N/c1-8(10)9-6-4-2-3-5-7-9/h8-9H,2-7,10H2,1H3/t8-/m1/s1. The van der Waals surface area contributed by atoms with Crippen molar-refractivity contribution in [1.29, 1.82) is 0 Å². The van der Waals surface area contributed by atoms with Crippen LogP contribution in [-0.2, 0) is 0 Å². The molecule has 2 N–H and O–H groups in total. The van der Waals surface area contributed by atoms with Crippen LogP contribution in [0.3, 0.4) is 0 Å². The molecule has 1 saturated carbocycles. The van der Waals surface area contributed by atoms with Gasteiger partial charge >= 0.3 is 0 Å². The summed E-state index contributed by atoms with van der Waals surface area (Å²) in [6.45, 7) is 2.15. The Morgan fingerprint density at radius 3 is 2.00 bits per heavy atom. The highest BCUT2D eigenvalue weighted by atomic mass is 14.6. The van der Waals surface area contributed by atoms with E-state index in [9.17, 15) is 0 Å². The molecule has 0 spiro atoms. The van der Waals surface area contributed by atoms with E-state index in [4.69, 9.17) is 5.73 Å².